The molecular weight excluding hydrogens is 873 g/mol. The number of aryl methyl sites for hydroxylation is 10. The summed E-state index contributed by atoms with van der Waals surface area (Å²) in [6, 6.07) is 46.6. The van der Waals surface area contributed by atoms with Gasteiger partial charge in [0.15, 0.2) is 24.8 Å². The maximum Gasteiger partial charge on any atom is 0.212 e. The first-order valence-electron chi connectivity index (χ1n) is 28.2. The second-order valence-electron chi connectivity index (χ2n) is 21.0. The van der Waals surface area contributed by atoms with Gasteiger partial charge in [0.2, 0.25) is 22.8 Å². The minimum atomic E-state index is -2.23. The van der Waals surface area contributed by atoms with Gasteiger partial charge in [-0.2, -0.15) is 0 Å². The molecule has 0 fully saturated rings. The van der Waals surface area contributed by atoms with E-state index in [1.807, 2.05) is 62.7 Å². The molecule has 0 aliphatic heterocycles. The van der Waals surface area contributed by atoms with Crippen molar-refractivity contribution in [3.63, 3.8) is 0 Å². The van der Waals surface area contributed by atoms with Gasteiger partial charge in [-0.05, 0) is 147 Å². The van der Waals surface area contributed by atoms with Crippen LogP contribution in [0.25, 0.3) is 45.0 Å². The maximum absolute atomic E-state index is 8.32. The van der Waals surface area contributed by atoms with Crippen LogP contribution in [0.4, 0.5) is 0 Å². The van der Waals surface area contributed by atoms with Crippen LogP contribution in [0.15, 0.2) is 158 Å². The zero-order chi connectivity index (χ0) is 57.2. The lowest BCUT2D eigenvalue weighted by Crippen LogP contribution is -2.32. The Balaban J connectivity index is 0.000000190. The number of rotatable bonds is 10. The third-order valence-corrected chi connectivity index (χ3v) is 13.2. The summed E-state index contributed by atoms with van der Waals surface area (Å²) in [6.45, 7) is 24.7. The third kappa shape index (κ3) is 15.2. The van der Waals surface area contributed by atoms with E-state index < -0.39 is 18.6 Å². The number of nitrogens with zero attached hydrogens (tertiary/aromatic N) is 4. The first-order valence-corrected chi connectivity index (χ1v) is 25.7. The van der Waals surface area contributed by atoms with Crippen molar-refractivity contribution in [2.75, 3.05) is 0 Å². The summed E-state index contributed by atoms with van der Waals surface area (Å²) in [7, 11) is 8.14. The Hall–Kier alpha value is -6.52. The normalized spacial score (nSPS) is 12.5. The van der Waals surface area contributed by atoms with Gasteiger partial charge in [-0.1, -0.05) is 128 Å². The largest absolute Gasteiger partial charge is 0.212 e. The molecule has 0 atom stereocenters. The van der Waals surface area contributed by atoms with Gasteiger partial charge in [-0.3, -0.25) is 0 Å². The first-order chi connectivity index (χ1) is 36.0. The number of aromatic nitrogens is 4. The van der Waals surface area contributed by atoms with Crippen LogP contribution in [0.2, 0.25) is 0 Å². The van der Waals surface area contributed by atoms with Gasteiger partial charge in [0.25, 0.3) is 0 Å². The molecule has 8 aromatic rings. The van der Waals surface area contributed by atoms with Crippen LogP contribution in [0.3, 0.4) is 0 Å². The average molecular weight is 967 g/mol. The van der Waals surface area contributed by atoms with Gasteiger partial charge in [0.1, 0.15) is 28.2 Å². The number of hydrogen-bond acceptors (Lipinski definition) is 0. The standard InChI is InChI=1S/4C17H22N/c1-12(2)16-10-17(18(5)11-14(16)4)15-9-7-6-8-13(15)3;1-12(2)16-11-18(5)17(10-14(16)4)15-9-7-6-8-13(15)3;1-13(2)11-15-9-10-18(4)17(12-15)16-8-6-5-7-14(16)3;1-13(2)11-15-9-10-17(18(4)12-15)16-8-6-5-7-14(16)3/h2*6-12H,1-5H3;2*5-10,12-13H,11H2,1-4H3/q4*+1/i4D3,12D;12D;;. The third-order valence-electron chi connectivity index (χ3n) is 13.2. The highest BCUT2D eigenvalue weighted by Crippen LogP contribution is 2.27. The van der Waals surface area contributed by atoms with E-state index >= 15 is 0 Å². The summed E-state index contributed by atoms with van der Waals surface area (Å²) in [6.07, 6.45) is 10.4. The molecule has 0 amide bonds. The van der Waals surface area contributed by atoms with Crippen molar-refractivity contribution in [2.45, 2.75) is 121 Å². The molecule has 0 N–H and O–H groups in total. The van der Waals surface area contributed by atoms with Crippen LogP contribution in [-0.2, 0) is 41.0 Å². The van der Waals surface area contributed by atoms with Crippen molar-refractivity contribution in [2.24, 2.45) is 40.0 Å². The van der Waals surface area contributed by atoms with Crippen LogP contribution < -0.4 is 18.3 Å². The molecule has 4 heterocycles. The van der Waals surface area contributed by atoms with Crippen LogP contribution in [0.1, 0.15) is 130 Å². The topological polar surface area (TPSA) is 15.5 Å². The van der Waals surface area contributed by atoms with E-state index in [2.05, 4.69) is 212 Å². The Morgan fingerprint density at radius 2 is 0.778 bits per heavy atom. The highest BCUT2D eigenvalue weighted by Gasteiger charge is 2.19. The maximum atomic E-state index is 8.32. The smallest absolute Gasteiger partial charge is 0.201 e. The van der Waals surface area contributed by atoms with Crippen molar-refractivity contribution in [1.29, 1.82) is 0 Å². The van der Waals surface area contributed by atoms with Crippen LogP contribution in [-0.4, -0.2) is 0 Å². The summed E-state index contributed by atoms with van der Waals surface area (Å²) >= 11 is 0. The molecule has 0 saturated heterocycles. The molecular formula is C68H88N4+4. The molecule has 4 aromatic heterocycles. The van der Waals surface area contributed by atoms with Gasteiger partial charge in [0.05, 0.1) is 0 Å². The molecule has 4 aromatic carbocycles. The van der Waals surface area contributed by atoms with Gasteiger partial charge in [0, 0.05) is 76.1 Å². The Labute approximate surface area is 443 Å². The monoisotopic (exact) mass is 966 g/mol. The molecule has 0 radical (unpaired) electrons. The highest BCUT2D eigenvalue weighted by atomic mass is 14.9. The fourth-order valence-corrected chi connectivity index (χ4v) is 9.33. The first kappa shape index (κ1) is 49.1. The lowest BCUT2D eigenvalue weighted by Gasteiger charge is -2.11. The highest BCUT2D eigenvalue weighted by molar-refractivity contribution is 5.64. The van der Waals surface area contributed by atoms with E-state index in [1.54, 1.807) is 20.0 Å². The fraction of sp³-hybridized carbons (Fsp3) is 0.353. The minimum Gasteiger partial charge on any atom is -0.201 e. The summed E-state index contributed by atoms with van der Waals surface area (Å²) in [5.74, 6) is -0.140. The second kappa shape index (κ2) is 26.3. The van der Waals surface area contributed by atoms with Crippen molar-refractivity contribution in [3.05, 3.63) is 214 Å². The average Bonchev–Trinajstić information content (AvgIpc) is 3.33. The van der Waals surface area contributed by atoms with E-state index in [-0.39, 0.29) is 5.56 Å². The molecule has 4 heteroatoms. The summed E-state index contributed by atoms with van der Waals surface area (Å²) in [5, 5.41) is 0. The molecule has 72 heavy (non-hydrogen) atoms. The van der Waals surface area contributed by atoms with Gasteiger partial charge >= 0.3 is 0 Å². The van der Waals surface area contributed by atoms with Gasteiger partial charge < -0.3 is 0 Å². The van der Waals surface area contributed by atoms with Crippen LogP contribution in [0, 0.1) is 53.3 Å². The molecule has 0 spiro atoms. The Kier molecular flexibility index (Phi) is 17.9. The summed E-state index contributed by atoms with van der Waals surface area (Å²) in [5.41, 5.74) is 20.5. The number of benzene rings is 4. The number of pyridine rings is 4. The van der Waals surface area contributed by atoms with E-state index in [4.69, 9.17) is 6.85 Å². The molecule has 376 valence electrons. The van der Waals surface area contributed by atoms with E-state index in [0.717, 1.165) is 35.2 Å². The SMILES string of the molecule is Cc1ccccc1-c1cc(CC(C)C)cc[n+]1C.Cc1ccccc1-c1ccc(CC(C)C)c[n+]1C.[2H]C(C)(C)c1c[n+](C)c(-c2ccccc2C)cc1C.[2H]C([2H])([2H])c1c[n+](C)c(-c2ccccc2C)cc1C([2H])(C)C. The van der Waals surface area contributed by atoms with Crippen molar-refractivity contribution >= 4 is 0 Å². The molecule has 0 aliphatic rings. The van der Waals surface area contributed by atoms with E-state index in [0.29, 0.717) is 17.4 Å². The van der Waals surface area contributed by atoms with Crippen LogP contribution in [0.5, 0.6) is 0 Å². The Morgan fingerprint density at radius 1 is 0.375 bits per heavy atom. The molecule has 0 bridgehead atoms. The fourth-order valence-electron chi connectivity index (χ4n) is 9.33. The van der Waals surface area contributed by atoms with Crippen molar-refractivity contribution in [3.8, 4) is 45.0 Å². The van der Waals surface area contributed by atoms with Crippen molar-refractivity contribution in [1.82, 2.24) is 0 Å². The minimum absolute atomic E-state index is 0.243. The van der Waals surface area contributed by atoms with Crippen LogP contribution >= 0.6 is 0 Å². The van der Waals surface area contributed by atoms with Gasteiger partial charge in [-0.25, -0.2) is 18.3 Å². The molecule has 0 unspecified atom stereocenters. The lowest BCUT2D eigenvalue weighted by atomic mass is 9.96. The lowest BCUT2D eigenvalue weighted by molar-refractivity contribution is -0.661. The molecule has 0 saturated carbocycles. The van der Waals surface area contributed by atoms with Gasteiger partial charge in [-0.15, -0.1) is 0 Å². The number of hydrogen-bond donors (Lipinski definition) is 0. The second-order valence-corrected chi connectivity index (χ2v) is 21.0. The molecule has 8 rings (SSSR count). The quantitative estimate of drug-likeness (QED) is 0.121. The zero-order valence-corrected chi connectivity index (χ0v) is 46.9. The molecule has 0 aliphatic carbocycles. The van der Waals surface area contributed by atoms with E-state index in [1.165, 1.54) is 67.2 Å². The predicted octanol–water partition coefficient (Wildman–Crippen LogP) is 15.2. The zero-order valence-electron chi connectivity index (χ0n) is 51.9. The van der Waals surface area contributed by atoms with E-state index in [9.17, 15) is 0 Å². The Bertz CT molecular complexity index is 3260. The Morgan fingerprint density at radius 3 is 1.21 bits per heavy atom. The summed E-state index contributed by atoms with van der Waals surface area (Å²) < 4.78 is 48.2. The van der Waals surface area contributed by atoms with Crippen molar-refractivity contribution < 1.29 is 25.1 Å². The molecule has 4 nitrogen and oxygen atoms in total. The summed E-state index contributed by atoms with van der Waals surface area (Å²) in [4.78, 5) is 0. The predicted molar refractivity (Wildman–Crippen MR) is 306 cm³/mol.